The van der Waals surface area contributed by atoms with E-state index in [9.17, 15) is 4.79 Å². The van der Waals surface area contributed by atoms with Gasteiger partial charge in [0.05, 0.1) is 7.11 Å². The lowest BCUT2D eigenvalue weighted by atomic mass is 10.2. The number of methoxy groups -OCH3 is 1. The van der Waals surface area contributed by atoms with E-state index in [1.54, 1.807) is 7.11 Å². The molecule has 70 valence electrons. The second-order valence-corrected chi connectivity index (χ2v) is 3.72. The van der Waals surface area contributed by atoms with Crippen molar-refractivity contribution in [2.24, 2.45) is 4.99 Å². The Morgan fingerprint density at radius 1 is 1.50 bits per heavy atom. The predicted molar refractivity (Wildman–Crippen MR) is 56.2 cm³/mol. The van der Waals surface area contributed by atoms with Crippen molar-refractivity contribution in [3.05, 3.63) is 24.3 Å². The SMILES string of the molecule is COc1cccc2sc(N=C=O)cc12. The van der Waals surface area contributed by atoms with Crippen LogP contribution in [0.5, 0.6) is 5.75 Å². The molecule has 0 aliphatic heterocycles. The average molecular weight is 205 g/mol. The van der Waals surface area contributed by atoms with Crippen LogP contribution in [0.15, 0.2) is 29.3 Å². The van der Waals surface area contributed by atoms with Crippen LogP contribution < -0.4 is 4.74 Å². The second-order valence-electron chi connectivity index (χ2n) is 2.66. The molecule has 4 heteroatoms. The Balaban J connectivity index is 2.69. The molecule has 0 spiro atoms. The molecule has 0 N–H and O–H groups in total. The summed E-state index contributed by atoms with van der Waals surface area (Å²) in [6.45, 7) is 0. The maximum absolute atomic E-state index is 10.1. The number of fused-ring (bicyclic) bond motifs is 1. The number of hydrogen-bond donors (Lipinski definition) is 0. The maximum atomic E-state index is 10.1. The van der Waals surface area contributed by atoms with Crippen molar-refractivity contribution in [2.45, 2.75) is 0 Å². The number of carbonyl (C=O) groups excluding carboxylic acids is 1. The van der Waals surface area contributed by atoms with Gasteiger partial charge in [-0.15, -0.1) is 11.3 Å². The molecule has 3 nitrogen and oxygen atoms in total. The minimum absolute atomic E-state index is 0.652. The summed E-state index contributed by atoms with van der Waals surface area (Å²) in [5.41, 5.74) is 0. The normalized spacial score (nSPS) is 9.79. The molecule has 0 aliphatic rings. The van der Waals surface area contributed by atoms with Crippen LogP contribution in [0.1, 0.15) is 0 Å². The number of isocyanates is 1. The largest absolute Gasteiger partial charge is 0.496 e. The van der Waals surface area contributed by atoms with E-state index in [0.717, 1.165) is 15.8 Å². The van der Waals surface area contributed by atoms with Gasteiger partial charge >= 0.3 is 0 Å². The first-order valence-electron chi connectivity index (χ1n) is 3.99. The molecule has 0 atom stereocenters. The summed E-state index contributed by atoms with van der Waals surface area (Å²) < 4.78 is 6.24. The van der Waals surface area contributed by atoms with Crippen molar-refractivity contribution < 1.29 is 9.53 Å². The summed E-state index contributed by atoms with van der Waals surface area (Å²) in [6.07, 6.45) is 1.53. The van der Waals surface area contributed by atoms with Gasteiger partial charge in [-0.1, -0.05) is 6.07 Å². The Morgan fingerprint density at radius 3 is 3.07 bits per heavy atom. The van der Waals surface area contributed by atoms with E-state index < -0.39 is 0 Å². The van der Waals surface area contributed by atoms with Gasteiger partial charge in [0, 0.05) is 10.1 Å². The Hall–Kier alpha value is -1.64. The fraction of sp³-hybridized carbons (Fsp3) is 0.100. The van der Waals surface area contributed by atoms with E-state index in [-0.39, 0.29) is 0 Å². The zero-order chi connectivity index (χ0) is 9.97. The van der Waals surface area contributed by atoms with Crippen molar-refractivity contribution in [3.8, 4) is 5.75 Å². The predicted octanol–water partition coefficient (Wildman–Crippen LogP) is 2.88. The van der Waals surface area contributed by atoms with Gasteiger partial charge in [-0.2, -0.15) is 4.99 Å². The zero-order valence-electron chi connectivity index (χ0n) is 7.48. The van der Waals surface area contributed by atoms with Crippen LogP contribution >= 0.6 is 11.3 Å². The molecule has 1 aromatic heterocycles. The first-order chi connectivity index (χ1) is 6.85. The highest BCUT2D eigenvalue weighted by Gasteiger charge is 2.05. The molecule has 0 bridgehead atoms. The molecule has 0 amide bonds. The fourth-order valence-corrected chi connectivity index (χ4v) is 2.20. The zero-order valence-corrected chi connectivity index (χ0v) is 8.30. The molecule has 0 unspecified atom stereocenters. The molecule has 1 heterocycles. The number of nitrogens with zero attached hydrogens (tertiary/aromatic N) is 1. The second kappa shape index (κ2) is 3.62. The first kappa shape index (κ1) is 8.94. The van der Waals surface area contributed by atoms with Gasteiger partial charge in [-0.05, 0) is 18.2 Å². The fourth-order valence-electron chi connectivity index (χ4n) is 1.30. The van der Waals surface area contributed by atoms with Gasteiger partial charge in [0.15, 0.2) is 0 Å². The number of hydrogen-bond acceptors (Lipinski definition) is 4. The topological polar surface area (TPSA) is 38.7 Å². The molecule has 0 aliphatic carbocycles. The molecular formula is C10H7NO2S. The van der Waals surface area contributed by atoms with Crippen molar-refractivity contribution in [1.82, 2.24) is 0 Å². The molecule has 14 heavy (non-hydrogen) atoms. The summed E-state index contributed by atoms with van der Waals surface area (Å²) in [5.74, 6) is 0.797. The minimum atomic E-state index is 0.652. The standard InChI is InChI=1S/C10H7NO2S/c1-13-8-3-2-4-9-7(8)5-10(14-9)11-6-12/h2-5H,1H3. The smallest absolute Gasteiger partial charge is 0.241 e. The van der Waals surface area contributed by atoms with Gasteiger partial charge in [-0.3, -0.25) is 0 Å². The van der Waals surface area contributed by atoms with Crippen LogP contribution in [0.25, 0.3) is 10.1 Å². The van der Waals surface area contributed by atoms with Gasteiger partial charge in [0.1, 0.15) is 10.8 Å². The molecule has 1 aromatic carbocycles. The Bertz CT molecular complexity index is 512. The van der Waals surface area contributed by atoms with Crippen LogP contribution in [0.2, 0.25) is 0 Å². The van der Waals surface area contributed by atoms with Gasteiger partial charge in [0.2, 0.25) is 6.08 Å². The van der Waals surface area contributed by atoms with Crippen molar-refractivity contribution in [2.75, 3.05) is 7.11 Å². The molecule has 2 aromatic rings. The number of rotatable bonds is 2. The Morgan fingerprint density at radius 2 is 2.36 bits per heavy atom. The van der Waals surface area contributed by atoms with Gasteiger partial charge in [0.25, 0.3) is 0 Å². The molecule has 2 rings (SSSR count). The third-order valence-corrected chi connectivity index (χ3v) is 2.88. The first-order valence-corrected chi connectivity index (χ1v) is 4.81. The molecule has 0 fully saturated rings. The lowest BCUT2D eigenvalue weighted by Gasteiger charge is -1.98. The summed E-state index contributed by atoms with van der Waals surface area (Å²) in [5, 5.41) is 1.63. The molecule has 0 saturated heterocycles. The van der Waals surface area contributed by atoms with Crippen LogP contribution in [-0.4, -0.2) is 13.2 Å². The number of benzene rings is 1. The van der Waals surface area contributed by atoms with Crippen molar-refractivity contribution in [3.63, 3.8) is 0 Å². The van der Waals surface area contributed by atoms with E-state index >= 15 is 0 Å². The number of thiophene rings is 1. The summed E-state index contributed by atoms with van der Waals surface area (Å²) >= 11 is 1.44. The van der Waals surface area contributed by atoms with E-state index in [4.69, 9.17) is 4.74 Å². The highest BCUT2D eigenvalue weighted by molar-refractivity contribution is 7.22. The van der Waals surface area contributed by atoms with E-state index in [0.29, 0.717) is 5.00 Å². The minimum Gasteiger partial charge on any atom is -0.496 e. The van der Waals surface area contributed by atoms with E-state index in [1.165, 1.54) is 17.4 Å². The number of ether oxygens (including phenoxy) is 1. The number of aliphatic imine (C=N–C) groups is 1. The summed E-state index contributed by atoms with van der Waals surface area (Å²) in [7, 11) is 1.62. The van der Waals surface area contributed by atoms with Crippen LogP contribution in [0.3, 0.4) is 0 Å². The van der Waals surface area contributed by atoms with Crippen LogP contribution in [0.4, 0.5) is 5.00 Å². The van der Waals surface area contributed by atoms with E-state index in [2.05, 4.69) is 4.99 Å². The van der Waals surface area contributed by atoms with Crippen molar-refractivity contribution >= 4 is 32.5 Å². The molecular weight excluding hydrogens is 198 g/mol. The quantitative estimate of drug-likeness (QED) is 0.558. The van der Waals surface area contributed by atoms with Crippen LogP contribution in [-0.2, 0) is 4.79 Å². The van der Waals surface area contributed by atoms with Crippen molar-refractivity contribution in [1.29, 1.82) is 0 Å². The van der Waals surface area contributed by atoms with E-state index in [1.807, 2.05) is 24.3 Å². The third-order valence-electron chi connectivity index (χ3n) is 1.88. The Labute approximate surface area is 84.7 Å². The van der Waals surface area contributed by atoms with Crippen LogP contribution in [0, 0.1) is 0 Å². The molecule has 0 saturated carbocycles. The lowest BCUT2D eigenvalue weighted by Crippen LogP contribution is -1.80. The summed E-state index contributed by atoms with van der Waals surface area (Å²) in [6, 6.07) is 7.58. The lowest BCUT2D eigenvalue weighted by molar-refractivity contribution is 0.420. The maximum Gasteiger partial charge on any atom is 0.241 e. The van der Waals surface area contributed by atoms with Gasteiger partial charge in [-0.25, -0.2) is 4.79 Å². The highest BCUT2D eigenvalue weighted by Crippen LogP contribution is 2.36. The highest BCUT2D eigenvalue weighted by atomic mass is 32.1. The summed E-state index contributed by atoms with van der Waals surface area (Å²) in [4.78, 5) is 13.7. The monoisotopic (exact) mass is 205 g/mol. The van der Waals surface area contributed by atoms with Gasteiger partial charge < -0.3 is 4.74 Å². The Kier molecular flexibility index (Phi) is 2.31. The average Bonchev–Trinajstić information content (AvgIpc) is 2.60. The molecule has 0 radical (unpaired) electrons. The third kappa shape index (κ3) is 1.41.